The molecule has 0 bridgehead atoms. The highest BCUT2D eigenvalue weighted by Gasteiger charge is 2.30. The van der Waals surface area contributed by atoms with Crippen LogP contribution in [0.25, 0.3) is 0 Å². The summed E-state index contributed by atoms with van der Waals surface area (Å²) in [7, 11) is 0. The lowest BCUT2D eigenvalue weighted by atomic mass is 9.80. The number of hydrogen-bond acceptors (Lipinski definition) is 2. The molecule has 1 saturated carbocycles. The van der Waals surface area contributed by atoms with Gasteiger partial charge in [-0.3, -0.25) is 4.79 Å². The maximum atomic E-state index is 11.8. The molecule has 0 aliphatic heterocycles. The largest absolute Gasteiger partial charge is 0.480 e. The lowest BCUT2D eigenvalue weighted by Crippen LogP contribution is -2.50. The third-order valence-electron chi connectivity index (χ3n) is 3.51. The number of carbonyl (C=O) groups excluding carboxylic acids is 1. The van der Waals surface area contributed by atoms with Crippen molar-refractivity contribution in [1.29, 1.82) is 0 Å². The SMILES string of the molecule is CC1CCCC(CC(=O)NC(C)(C)C(=O)O)C1. The Morgan fingerprint density at radius 1 is 1.35 bits per heavy atom. The van der Waals surface area contributed by atoms with Gasteiger partial charge in [-0.2, -0.15) is 0 Å². The molecule has 0 heterocycles. The first kappa shape index (κ1) is 14.0. The predicted octanol–water partition coefficient (Wildman–Crippen LogP) is 2.18. The van der Waals surface area contributed by atoms with Crippen molar-refractivity contribution in [2.45, 2.75) is 58.4 Å². The zero-order valence-electron chi connectivity index (χ0n) is 11.0. The van der Waals surface area contributed by atoms with Gasteiger partial charge in [0.15, 0.2) is 0 Å². The van der Waals surface area contributed by atoms with Gasteiger partial charge in [-0.25, -0.2) is 4.79 Å². The zero-order valence-corrected chi connectivity index (χ0v) is 11.0. The molecule has 2 N–H and O–H groups in total. The van der Waals surface area contributed by atoms with Crippen LogP contribution in [0.4, 0.5) is 0 Å². The summed E-state index contributed by atoms with van der Waals surface area (Å²) in [6.45, 7) is 5.23. The van der Waals surface area contributed by atoms with Crippen LogP contribution in [0.3, 0.4) is 0 Å². The number of rotatable bonds is 4. The zero-order chi connectivity index (χ0) is 13.1. The third kappa shape index (κ3) is 4.36. The van der Waals surface area contributed by atoms with Gasteiger partial charge in [0.25, 0.3) is 0 Å². The molecule has 0 spiro atoms. The molecule has 98 valence electrons. The molecule has 0 aromatic carbocycles. The summed E-state index contributed by atoms with van der Waals surface area (Å²) in [5.41, 5.74) is -1.17. The Morgan fingerprint density at radius 3 is 2.53 bits per heavy atom. The van der Waals surface area contributed by atoms with E-state index < -0.39 is 11.5 Å². The molecule has 1 amide bonds. The van der Waals surface area contributed by atoms with E-state index in [-0.39, 0.29) is 5.91 Å². The van der Waals surface area contributed by atoms with Gasteiger partial charge < -0.3 is 10.4 Å². The maximum absolute atomic E-state index is 11.8. The van der Waals surface area contributed by atoms with E-state index in [0.29, 0.717) is 18.3 Å². The van der Waals surface area contributed by atoms with Gasteiger partial charge in [-0.05, 0) is 38.5 Å². The Kier molecular flexibility index (Phi) is 4.54. The molecular weight excluding hydrogens is 218 g/mol. The first-order chi connectivity index (χ1) is 7.81. The Hall–Kier alpha value is -1.06. The second-order valence-corrected chi connectivity index (χ2v) is 5.82. The molecular formula is C13H23NO3. The molecule has 4 heteroatoms. The Balaban J connectivity index is 2.41. The summed E-state index contributed by atoms with van der Waals surface area (Å²) in [6, 6.07) is 0. The van der Waals surface area contributed by atoms with Crippen molar-refractivity contribution in [2.75, 3.05) is 0 Å². The molecule has 2 unspecified atom stereocenters. The fraction of sp³-hybridized carbons (Fsp3) is 0.846. The van der Waals surface area contributed by atoms with Gasteiger partial charge in [-0.15, -0.1) is 0 Å². The highest BCUT2D eigenvalue weighted by molar-refractivity contribution is 5.86. The fourth-order valence-electron chi connectivity index (χ4n) is 2.46. The van der Waals surface area contributed by atoms with Crippen LogP contribution in [0.1, 0.15) is 52.9 Å². The molecule has 1 aliphatic rings. The molecule has 17 heavy (non-hydrogen) atoms. The number of carboxylic acids is 1. The molecule has 4 nitrogen and oxygen atoms in total. The maximum Gasteiger partial charge on any atom is 0.328 e. The molecule has 1 rings (SSSR count). The van der Waals surface area contributed by atoms with Crippen LogP contribution in [-0.4, -0.2) is 22.5 Å². The number of amides is 1. The standard InChI is InChI=1S/C13H23NO3/c1-9-5-4-6-10(7-9)8-11(15)14-13(2,3)12(16)17/h9-10H,4-8H2,1-3H3,(H,14,15)(H,16,17). The summed E-state index contributed by atoms with van der Waals surface area (Å²) >= 11 is 0. The molecule has 1 fully saturated rings. The van der Waals surface area contributed by atoms with Crippen molar-refractivity contribution in [3.05, 3.63) is 0 Å². The average Bonchev–Trinajstić information content (AvgIpc) is 2.15. The van der Waals surface area contributed by atoms with Gasteiger partial charge in [-0.1, -0.05) is 19.8 Å². The van der Waals surface area contributed by atoms with Gasteiger partial charge in [0, 0.05) is 6.42 Å². The first-order valence-corrected chi connectivity index (χ1v) is 6.35. The molecule has 1 aliphatic carbocycles. The predicted molar refractivity (Wildman–Crippen MR) is 65.6 cm³/mol. The summed E-state index contributed by atoms with van der Waals surface area (Å²) in [5, 5.41) is 11.5. The topological polar surface area (TPSA) is 66.4 Å². The lowest BCUT2D eigenvalue weighted by molar-refractivity contribution is -0.146. The third-order valence-corrected chi connectivity index (χ3v) is 3.51. The van der Waals surface area contributed by atoms with Gasteiger partial charge in [0.05, 0.1) is 0 Å². The monoisotopic (exact) mass is 241 g/mol. The molecule has 0 radical (unpaired) electrons. The van der Waals surface area contributed by atoms with Crippen LogP contribution in [0.15, 0.2) is 0 Å². The minimum absolute atomic E-state index is 0.142. The van der Waals surface area contributed by atoms with E-state index in [9.17, 15) is 9.59 Å². The number of carbonyl (C=O) groups is 2. The van der Waals surface area contributed by atoms with Crippen molar-refractivity contribution in [1.82, 2.24) is 5.32 Å². The van der Waals surface area contributed by atoms with Crippen molar-refractivity contribution in [3.8, 4) is 0 Å². The van der Waals surface area contributed by atoms with Crippen LogP contribution in [0, 0.1) is 11.8 Å². The van der Waals surface area contributed by atoms with E-state index >= 15 is 0 Å². The van der Waals surface area contributed by atoms with Crippen molar-refractivity contribution in [3.63, 3.8) is 0 Å². The van der Waals surface area contributed by atoms with E-state index in [0.717, 1.165) is 12.8 Å². The molecule has 0 aromatic rings. The van der Waals surface area contributed by atoms with E-state index in [1.54, 1.807) is 0 Å². The Morgan fingerprint density at radius 2 is 2.00 bits per heavy atom. The fourth-order valence-corrected chi connectivity index (χ4v) is 2.46. The summed E-state index contributed by atoms with van der Waals surface area (Å²) in [5.74, 6) is -0.0308. The lowest BCUT2D eigenvalue weighted by Gasteiger charge is -2.28. The second kappa shape index (κ2) is 5.52. The van der Waals surface area contributed by atoms with E-state index in [2.05, 4.69) is 12.2 Å². The van der Waals surface area contributed by atoms with E-state index in [1.807, 2.05) is 0 Å². The number of nitrogens with one attached hydrogen (secondary N) is 1. The van der Waals surface area contributed by atoms with Crippen LogP contribution >= 0.6 is 0 Å². The van der Waals surface area contributed by atoms with Gasteiger partial charge in [0.1, 0.15) is 5.54 Å². The van der Waals surface area contributed by atoms with Crippen LogP contribution < -0.4 is 5.32 Å². The van der Waals surface area contributed by atoms with Gasteiger partial charge >= 0.3 is 5.97 Å². The van der Waals surface area contributed by atoms with Crippen LogP contribution in [0.5, 0.6) is 0 Å². The van der Waals surface area contributed by atoms with Crippen LogP contribution in [-0.2, 0) is 9.59 Å². The van der Waals surface area contributed by atoms with E-state index in [4.69, 9.17) is 5.11 Å². The summed E-state index contributed by atoms with van der Waals surface area (Å²) in [4.78, 5) is 22.6. The van der Waals surface area contributed by atoms with Crippen molar-refractivity contribution >= 4 is 11.9 Å². The average molecular weight is 241 g/mol. The number of carboxylic acid groups (broad SMARTS) is 1. The Bertz CT molecular complexity index is 299. The molecule has 0 aromatic heterocycles. The quantitative estimate of drug-likeness (QED) is 0.792. The van der Waals surface area contributed by atoms with E-state index in [1.165, 1.54) is 26.7 Å². The van der Waals surface area contributed by atoms with Crippen LogP contribution in [0.2, 0.25) is 0 Å². The number of aliphatic carboxylic acids is 1. The van der Waals surface area contributed by atoms with Crippen molar-refractivity contribution in [2.24, 2.45) is 11.8 Å². The molecule has 2 atom stereocenters. The van der Waals surface area contributed by atoms with Gasteiger partial charge in [0.2, 0.25) is 5.91 Å². The second-order valence-electron chi connectivity index (χ2n) is 5.82. The smallest absolute Gasteiger partial charge is 0.328 e. The Labute approximate surface area is 103 Å². The summed E-state index contributed by atoms with van der Waals surface area (Å²) < 4.78 is 0. The summed E-state index contributed by atoms with van der Waals surface area (Å²) in [6.07, 6.45) is 5.06. The minimum atomic E-state index is -1.17. The highest BCUT2D eigenvalue weighted by Crippen LogP contribution is 2.30. The molecule has 0 saturated heterocycles. The first-order valence-electron chi connectivity index (χ1n) is 6.35. The van der Waals surface area contributed by atoms with Crippen molar-refractivity contribution < 1.29 is 14.7 Å². The minimum Gasteiger partial charge on any atom is -0.480 e. The highest BCUT2D eigenvalue weighted by atomic mass is 16.4. The number of hydrogen-bond donors (Lipinski definition) is 2. The normalized spacial score (nSPS) is 25.4.